The number of urea groups is 1. The fraction of sp³-hybridized carbons (Fsp3) is 0.233. The molecule has 0 aliphatic carbocycles. The minimum atomic E-state index is -0.417. The van der Waals surface area contributed by atoms with Crippen LogP contribution in [0.3, 0.4) is 0 Å². The SMILES string of the molecule is O=C(C[C@@H]1CCN(C(=O)Nc2cccc(F)c2)C1)Nc1ccc2cc1CCc1cncc(c1)Nc1ncc(Cl)c(n1)N2. The van der Waals surface area contributed by atoms with Crippen LogP contribution in [0.2, 0.25) is 5.02 Å². The number of hydrogen-bond donors (Lipinski definition) is 4. The Bertz CT molecular complexity index is 1650. The van der Waals surface area contributed by atoms with Gasteiger partial charge in [-0.15, -0.1) is 0 Å². The molecule has 1 fully saturated rings. The number of carbonyl (C=O) groups excluding carboxylic acids is 2. The number of aryl methyl sites for hydroxylation is 2. The lowest BCUT2D eigenvalue weighted by atomic mass is 10.0. The van der Waals surface area contributed by atoms with E-state index in [1.165, 1.54) is 18.3 Å². The normalized spacial score (nSPS) is 15.8. The summed E-state index contributed by atoms with van der Waals surface area (Å²) in [6.07, 6.45) is 7.39. The summed E-state index contributed by atoms with van der Waals surface area (Å²) in [5.41, 5.74) is 4.61. The van der Waals surface area contributed by atoms with Crippen LogP contribution < -0.4 is 21.3 Å². The molecule has 0 unspecified atom stereocenters. The zero-order chi connectivity index (χ0) is 29.1. The lowest BCUT2D eigenvalue weighted by Crippen LogP contribution is -2.33. The van der Waals surface area contributed by atoms with Crippen molar-refractivity contribution in [3.05, 3.63) is 89.1 Å². The number of carbonyl (C=O) groups is 2. The molecule has 12 heteroatoms. The van der Waals surface area contributed by atoms with Crippen LogP contribution in [-0.2, 0) is 17.6 Å². The number of benzene rings is 2. The number of fused-ring (bicyclic) bond motifs is 6. The van der Waals surface area contributed by atoms with Crippen molar-refractivity contribution in [1.29, 1.82) is 0 Å². The molecule has 0 spiro atoms. The zero-order valence-electron chi connectivity index (χ0n) is 22.5. The van der Waals surface area contributed by atoms with Gasteiger partial charge >= 0.3 is 6.03 Å². The summed E-state index contributed by atoms with van der Waals surface area (Å²) in [5.74, 6) is 0.321. The standard InChI is InChI=1S/C30H28ClFN8O2/c31-25-16-34-29-36-24-10-18(14-33-15-24)4-5-20-12-23(35-28(25)39-29)6-7-26(20)38-27(41)11-19-8-9-40(17-19)30(42)37-22-3-1-2-21(32)13-22/h1-3,6-7,10,12-16,19H,4-5,8-9,11,17H2,(H,37,42)(H,38,41)(H2,34,35,36,39)/t19-/m0/s1. The van der Waals surface area contributed by atoms with E-state index in [1.807, 2.05) is 30.5 Å². The maximum absolute atomic E-state index is 13.5. The van der Waals surface area contributed by atoms with Gasteiger partial charge in [-0.1, -0.05) is 17.7 Å². The quantitative estimate of drug-likeness (QED) is 0.227. The minimum Gasteiger partial charge on any atom is -0.339 e. The van der Waals surface area contributed by atoms with Gasteiger partial charge in [0.2, 0.25) is 11.9 Å². The molecule has 6 rings (SSSR count). The lowest BCUT2D eigenvalue weighted by Gasteiger charge is -2.18. The molecule has 42 heavy (non-hydrogen) atoms. The number of nitrogens with one attached hydrogen (secondary N) is 4. The van der Waals surface area contributed by atoms with E-state index >= 15 is 0 Å². The number of anilines is 6. The summed E-state index contributed by atoms with van der Waals surface area (Å²) in [7, 11) is 0. The van der Waals surface area contributed by atoms with Crippen LogP contribution in [0.5, 0.6) is 0 Å². The van der Waals surface area contributed by atoms with Crippen LogP contribution in [-0.4, -0.2) is 44.9 Å². The highest BCUT2D eigenvalue weighted by molar-refractivity contribution is 6.32. The summed E-state index contributed by atoms with van der Waals surface area (Å²) in [6, 6.07) is 13.2. The predicted molar refractivity (Wildman–Crippen MR) is 160 cm³/mol. The molecule has 214 valence electrons. The molecular formula is C30H28ClFN8O2. The lowest BCUT2D eigenvalue weighted by molar-refractivity contribution is -0.117. The summed E-state index contributed by atoms with van der Waals surface area (Å²) in [6.45, 7) is 0.976. The van der Waals surface area contributed by atoms with Gasteiger partial charge in [0.05, 0.1) is 18.1 Å². The molecule has 10 nitrogen and oxygen atoms in total. The Morgan fingerprint density at radius 2 is 1.93 bits per heavy atom. The average Bonchev–Trinajstić information content (AvgIpc) is 3.43. The summed E-state index contributed by atoms with van der Waals surface area (Å²) < 4.78 is 13.5. The van der Waals surface area contributed by atoms with E-state index in [0.29, 0.717) is 54.8 Å². The number of nitrogens with zero attached hydrogens (tertiary/aromatic N) is 4. The highest BCUT2D eigenvalue weighted by atomic mass is 35.5. The number of hydrogen-bond acceptors (Lipinski definition) is 7. The van der Waals surface area contributed by atoms with Gasteiger partial charge in [0.15, 0.2) is 5.82 Å². The van der Waals surface area contributed by atoms with Crippen LogP contribution in [0, 0.1) is 11.7 Å². The molecule has 4 heterocycles. The molecule has 2 aliphatic rings. The summed E-state index contributed by atoms with van der Waals surface area (Å²) >= 11 is 6.36. The van der Waals surface area contributed by atoms with E-state index < -0.39 is 5.82 Å². The Balaban J connectivity index is 1.14. The van der Waals surface area contributed by atoms with Crippen LogP contribution in [0.15, 0.2) is 67.1 Å². The molecular weight excluding hydrogens is 559 g/mol. The van der Waals surface area contributed by atoms with Crippen LogP contribution in [0.4, 0.5) is 43.7 Å². The molecule has 0 saturated carbocycles. The third kappa shape index (κ3) is 6.58. The number of pyridine rings is 1. The Morgan fingerprint density at radius 3 is 2.81 bits per heavy atom. The maximum Gasteiger partial charge on any atom is 0.321 e. The monoisotopic (exact) mass is 586 g/mol. The van der Waals surface area contributed by atoms with Crippen LogP contribution in [0.1, 0.15) is 24.0 Å². The van der Waals surface area contributed by atoms with E-state index in [2.05, 4.69) is 36.2 Å². The van der Waals surface area contributed by atoms with E-state index in [-0.39, 0.29) is 24.3 Å². The third-order valence-electron chi connectivity index (χ3n) is 7.24. The first-order valence-electron chi connectivity index (χ1n) is 13.6. The molecule has 4 N–H and O–H groups in total. The van der Waals surface area contributed by atoms with Crippen molar-refractivity contribution >= 4 is 58.1 Å². The Labute approximate surface area is 246 Å². The molecule has 2 aromatic carbocycles. The molecule has 0 radical (unpaired) electrons. The predicted octanol–water partition coefficient (Wildman–Crippen LogP) is 6.13. The largest absolute Gasteiger partial charge is 0.339 e. The van der Waals surface area contributed by atoms with Crippen molar-refractivity contribution in [3.63, 3.8) is 0 Å². The van der Waals surface area contributed by atoms with Gasteiger partial charge in [0, 0.05) is 42.8 Å². The second-order valence-electron chi connectivity index (χ2n) is 10.4. The molecule has 1 saturated heterocycles. The number of halogens is 2. The molecule has 3 amide bonds. The van der Waals surface area contributed by atoms with E-state index in [4.69, 9.17) is 11.6 Å². The minimum absolute atomic E-state index is 0.0182. The third-order valence-corrected chi connectivity index (χ3v) is 7.52. The van der Waals surface area contributed by atoms with Crippen molar-refractivity contribution in [1.82, 2.24) is 19.9 Å². The Hall–Kier alpha value is -4.77. The number of rotatable bonds is 4. The topological polar surface area (TPSA) is 124 Å². The molecule has 4 aromatic rings. The first-order chi connectivity index (χ1) is 20.4. The first kappa shape index (κ1) is 27.4. The molecule has 1 atom stereocenters. The number of aromatic nitrogens is 3. The van der Waals surface area contributed by atoms with Gasteiger partial charge < -0.3 is 26.2 Å². The Morgan fingerprint density at radius 1 is 1.02 bits per heavy atom. The summed E-state index contributed by atoms with van der Waals surface area (Å²) in [5, 5.41) is 12.6. The van der Waals surface area contributed by atoms with E-state index in [0.717, 1.165) is 28.2 Å². The van der Waals surface area contributed by atoms with Crippen molar-refractivity contribution < 1.29 is 14.0 Å². The highest BCUT2D eigenvalue weighted by Gasteiger charge is 2.28. The molecule has 6 bridgehead atoms. The average molecular weight is 587 g/mol. The van der Waals surface area contributed by atoms with Gasteiger partial charge in [-0.25, -0.2) is 14.2 Å². The zero-order valence-corrected chi connectivity index (χ0v) is 23.3. The van der Waals surface area contributed by atoms with Crippen LogP contribution >= 0.6 is 11.6 Å². The first-order valence-corrected chi connectivity index (χ1v) is 14.0. The molecule has 2 aliphatic heterocycles. The van der Waals surface area contributed by atoms with Crippen molar-refractivity contribution in [2.45, 2.75) is 25.7 Å². The van der Waals surface area contributed by atoms with E-state index in [1.54, 1.807) is 23.2 Å². The summed E-state index contributed by atoms with van der Waals surface area (Å²) in [4.78, 5) is 40.5. The van der Waals surface area contributed by atoms with Crippen molar-refractivity contribution in [2.75, 3.05) is 34.4 Å². The Kier molecular flexibility index (Phi) is 7.83. The second kappa shape index (κ2) is 12.0. The van der Waals surface area contributed by atoms with Crippen LogP contribution in [0.25, 0.3) is 0 Å². The van der Waals surface area contributed by atoms with Gasteiger partial charge in [-0.05, 0) is 78.8 Å². The van der Waals surface area contributed by atoms with Gasteiger partial charge in [-0.3, -0.25) is 9.78 Å². The smallest absolute Gasteiger partial charge is 0.321 e. The number of amides is 3. The maximum atomic E-state index is 13.5. The fourth-order valence-electron chi connectivity index (χ4n) is 5.17. The highest BCUT2D eigenvalue weighted by Crippen LogP contribution is 2.30. The second-order valence-corrected chi connectivity index (χ2v) is 10.8. The van der Waals surface area contributed by atoms with Gasteiger partial charge in [-0.2, -0.15) is 4.98 Å². The van der Waals surface area contributed by atoms with Crippen molar-refractivity contribution in [3.8, 4) is 0 Å². The van der Waals surface area contributed by atoms with Gasteiger partial charge in [0.1, 0.15) is 10.8 Å². The fourth-order valence-corrected chi connectivity index (χ4v) is 5.31. The number of likely N-dealkylation sites (tertiary alicyclic amines) is 1. The van der Waals surface area contributed by atoms with Gasteiger partial charge in [0.25, 0.3) is 0 Å². The van der Waals surface area contributed by atoms with Crippen molar-refractivity contribution in [2.24, 2.45) is 5.92 Å². The van der Waals surface area contributed by atoms with E-state index in [9.17, 15) is 14.0 Å². The molecule has 2 aromatic heterocycles.